The molecule has 0 saturated carbocycles. The first-order valence-electron chi connectivity index (χ1n) is 4.88. The van der Waals surface area contributed by atoms with Crippen molar-refractivity contribution >= 4 is 11.9 Å². The molecule has 1 unspecified atom stereocenters. The maximum Gasteiger partial charge on any atom is 0.321 e. The third-order valence-corrected chi connectivity index (χ3v) is 2.46. The molecule has 1 aliphatic rings. The van der Waals surface area contributed by atoms with Gasteiger partial charge in [0.15, 0.2) is 0 Å². The SMILES string of the molecule is O=C1CC(c2ccccc2)CNC(=O)N1. The molecule has 1 saturated heterocycles. The van der Waals surface area contributed by atoms with Crippen molar-refractivity contribution in [1.82, 2.24) is 10.6 Å². The summed E-state index contributed by atoms with van der Waals surface area (Å²) in [4.78, 5) is 22.3. The minimum atomic E-state index is -0.404. The van der Waals surface area contributed by atoms with E-state index in [0.717, 1.165) is 5.56 Å². The van der Waals surface area contributed by atoms with Crippen LogP contribution in [-0.2, 0) is 4.79 Å². The normalized spacial score (nSPS) is 21.5. The van der Waals surface area contributed by atoms with E-state index in [9.17, 15) is 9.59 Å². The topological polar surface area (TPSA) is 58.2 Å². The van der Waals surface area contributed by atoms with Crippen LogP contribution >= 0.6 is 0 Å². The predicted octanol–water partition coefficient (Wildman–Crippen LogP) is 1.000. The number of hydrogen-bond donors (Lipinski definition) is 2. The highest BCUT2D eigenvalue weighted by Crippen LogP contribution is 2.19. The zero-order valence-electron chi connectivity index (χ0n) is 8.19. The van der Waals surface area contributed by atoms with Crippen LogP contribution in [0.2, 0.25) is 0 Å². The molecule has 4 heteroatoms. The van der Waals surface area contributed by atoms with Crippen molar-refractivity contribution in [3.8, 4) is 0 Å². The number of amides is 3. The lowest BCUT2D eigenvalue weighted by molar-refractivity contribution is -0.120. The predicted molar refractivity (Wildman–Crippen MR) is 55.3 cm³/mol. The number of imide groups is 1. The summed E-state index contributed by atoms with van der Waals surface area (Å²) < 4.78 is 0. The Balaban J connectivity index is 2.16. The van der Waals surface area contributed by atoms with E-state index in [-0.39, 0.29) is 11.8 Å². The summed E-state index contributed by atoms with van der Waals surface area (Å²) in [6.07, 6.45) is 0.350. The van der Waals surface area contributed by atoms with Gasteiger partial charge in [-0.25, -0.2) is 4.79 Å². The Labute approximate surface area is 87.7 Å². The van der Waals surface area contributed by atoms with Gasteiger partial charge in [-0.05, 0) is 5.56 Å². The Hall–Kier alpha value is -1.84. The summed E-state index contributed by atoms with van der Waals surface area (Å²) in [5, 5.41) is 4.91. The molecule has 0 spiro atoms. The van der Waals surface area contributed by atoms with Crippen molar-refractivity contribution in [2.45, 2.75) is 12.3 Å². The fraction of sp³-hybridized carbons (Fsp3) is 0.273. The van der Waals surface area contributed by atoms with Gasteiger partial charge in [0.1, 0.15) is 0 Å². The van der Waals surface area contributed by atoms with Gasteiger partial charge in [-0.1, -0.05) is 30.3 Å². The average molecular weight is 204 g/mol. The van der Waals surface area contributed by atoms with E-state index in [1.807, 2.05) is 30.3 Å². The van der Waals surface area contributed by atoms with Gasteiger partial charge in [0.25, 0.3) is 0 Å². The fourth-order valence-corrected chi connectivity index (χ4v) is 1.69. The van der Waals surface area contributed by atoms with Crippen LogP contribution in [0.3, 0.4) is 0 Å². The molecule has 0 aliphatic carbocycles. The van der Waals surface area contributed by atoms with Crippen LogP contribution in [0.1, 0.15) is 17.9 Å². The van der Waals surface area contributed by atoms with Crippen LogP contribution in [0, 0.1) is 0 Å². The molecule has 3 amide bonds. The second kappa shape index (κ2) is 4.13. The molecule has 1 fully saturated rings. The molecule has 15 heavy (non-hydrogen) atoms. The molecule has 78 valence electrons. The summed E-state index contributed by atoms with van der Waals surface area (Å²) in [7, 11) is 0. The number of carbonyl (C=O) groups is 2. The standard InChI is InChI=1S/C11H12N2O2/c14-10-6-9(7-12-11(15)13-10)8-4-2-1-3-5-8/h1-5,9H,6-7H2,(H2,12,13,14,15). The van der Waals surface area contributed by atoms with E-state index in [2.05, 4.69) is 10.6 Å². The number of rotatable bonds is 1. The fourth-order valence-electron chi connectivity index (χ4n) is 1.69. The molecule has 0 aromatic heterocycles. The molecule has 2 N–H and O–H groups in total. The third kappa shape index (κ3) is 2.34. The summed E-state index contributed by atoms with van der Waals surface area (Å²) in [6, 6.07) is 9.32. The van der Waals surface area contributed by atoms with Crippen LogP contribution in [0.4, 0.5) is 4.79 Å². The lowest BCUT2D eigenvalue weighted by Gasteiger charge is -2.12. The monoisotopic (exact) mass is 204 g/mol. The molecule has 0 radical (unpaired) electrons. The Kier molecular flexibility index (Phi) is 2.67. The smallest absolute Gasteiger partial charge is 0.321 e. The number of urea groups is 1. The highest BCUT2D eigenvalue weighted by molar-refractivity contribution is 5.95. The van der Waals surface area contributed by atoms with Crippen LogP contribution in [0.15, 0.2) is 30.3 Å². The summed E-state index contributed by atoms with van der Waals surface area (Å²) >= 11 is 0. The zero-order valence-corrected chi connectivity index (χ0v) is 8.19. The first kappa shape index (κ1) is 9.71. The Bertz CT molecular complexity index is 375. The Morgan fingerprint density at radius 1 is 1.13 bits per heavy atom. The van der Waals surface area contributed by atoms with Gasteiger partial charge in [0.2, 0.25) is 5.91 Å². The molecule has 1 aromatic rings. The van der Waals surface area contributed by atoms with Crippen molar-refractivity contribution in [1.29, 1.82) is 0 Å². The van der Waals surface area contributed by atoms with E-state index in [4.69, 9.17) is 0 Å². The van der Waals surface area contributed by atoms with Crippen LogP contribution in [-0.4, -0.2) is 18.5 Å². The van der Waals surface area contributed by atoms with Crippen molar-refractivity contribution in [3.63, 3.8) is 0 Å². The minimum absolute atomic E-state index is 0.0673. The largest absolute Gasteiger partial charge is 0.337 e. The summed E-state index contributed by atoms with van der Waals surface area (Å²) in [5.74, 6) is -0.156. The first-order chi connectivity index (χ1) is 7.25. The quantitative estimate of drug-likeness (QED) is 0.717. The Morgan fingerprint density at radius 2 is 1.87 bits per heavy atom. The van der Waals surface area contributed by atoms with Crippen molar-refractivity contribution in [3.05, 3.63) is 35.9 Å². The molecule has 1 aromatic carbocycles. The van der Waals surface area contributed by atoms with Crippen LogP contribution in [0.5, 0.6) is 0 Å². The Morgan fingerprint density at radius 3 is 2.60 bits per heavy atom. The summed E-state index contributed by atoms with van der Waals surface area (Å²) in [6.45, 7) is 0.502. The molecule has 1 aliphatic heterocycles. The van der Waals surface area contributed by atoms with Gasteiger partial charge in [0, 0.05) is 18.9 Å². The highest BCUT2D eigenvalue weighted by Gasteiger charge is 2.21. The van der Waals surface area contributed by atoms with Crippen LogP contribution in [0.25, 0.3) is 0 Å². The van der Waals surface area contributed by atoms with E-state index in [0.29, 0.717) is 13.0 Å². The molecule has 1 atom stereocenters. The molecule has 4 nitrogen and oxygen atoms in total. The van der Waals surface area contributed by atoms with Crippen LogP contribution < -0.4 is 10.6 Å². The lowest BCUT2D eigenvalue weighted by Crippen LogP contribution is -2.36. The highest BCUT2D eigenvalue weighted by atomic mass is 16.2. The second-order valence-electron chi connectivity index (χ2n) is 3.57. The lowest BCUT2D eigenvalue weighted by atomic mass is 9.96. The third-order valence-electron chi connectivity index (χ3n) is 2.46. The van der Waals surface area contributed by atoms with E-state index in [1.54, 1.807) is 0 Å². The van der Waals surface area contributed by atoms with Gasteiger partial charge < -0.3 is 5.32 Å². The van der Waals surface area contributed by atoms with Gasteiger partial charge in [-0.3, -0.25) is 10.1 Å². The number of nitrogens with one attached hydrogen (secondary N) is 2. The van der Waals surface area contributed by atoms with E-state index < -0.39 is 6.03 Å². The zero-order chi connectivity index (χ0) is 10.7. The molecule has 0 bridgehead atoms. The van der Waals surface area contributed by atoms with Crippen molar-refractivity contribution in [2.75, 3.05) is 6.54 Å². The van der Waals surface area contributed by atoms with Crippen molar-refractivity contribution in [2.24, 2.45) is 0 Å². The molecular formula is C11H12N2O2. The average Bonchev–Trinajstić information content (AvgIpc) is 2.41. The van der Waals surface area contributed by atoms with Gasteiger partial charge in [-0.2, -0.15) is 0 Å². The summed E-state index contributed by atoms with van der Waals surface area (Å²) in [5.41, 5.74) is 1.08. The number of carbonyl (C=O) groups excluding carboxylic acids is 2. The number of hydrogen-bond acceptors (Lipinski definition) is 2. The van der Waals surface area contributed by atoms with Gasteiger partial charge in [-0.15, -0.1) is 0 Å². The molecule has 1 heterocycles. The first-order valence-corrected chi connectivity index (χ1v) is 4.88. The maximum atomic E-state index is 11.3. The molecule has 2 rings (SSSR count). The van der Waals surface area contributed by atoms with E-state index in [1.165, 1.54) is 0 Å². The van der Waals surface area contributed by atoms with E-state index >= 15 is 0 Å². The minimum Gasteiger partial charge on any atom is -0.337 e. The number of benzene rings is 1. The van der Waals surface area contributed by atoms with Gasteiger partial charge in [0.05, 0.1) is 0 Å². The molecular weight excluding hydrogens is 192 g/mol. The van der Waals surface area contributed by atoms with Gasteiger partial charge >= 0.3 is 6.03 Å². The maximum absolute atomic E-state index is 11.3. The van der Waals surface area contributed by atoms with Crippen molar-refractivity contribution < 1.29 is 9.59 Å². The second-order valence-corrected chi connectivity index (χ2v) is 3.57.